The van der Waals surface area contributed by atoms with Gasteiger partial charge < -0.3 is 9.64 Å². The predicted octanol–water partition coefficient (Wildman–Crippen LogP) is 4.65. The van der Waals surface area contributed by atoms with Crippen molar-refractivity contribution in [2.45, 2.75) is 32.7 Å². The molecule has 0 aliphatic rings. The van der Waals surface area contributed by atoms with Crippen molar-refractivity contribution in [1.82, 2.24) is 9.80 Å². The van der Waals surface area contributed by atoms with E-state index in [9.17, 15) is 0 Å². The molecule has 130 valence electrons. The summed E-state index contributed by atoms with van der Waals surface area (Å²) in [6, 6.07) is 16.4. The van der Waals surface area contributed by atoms with E-state index in [-0.39, 0.29) is 6.23 Å². The van der Waals surface area contributed by atoms with Crippen molar-refractivity contribution in [2.75, 3.05) is 21.1 Å². The summed E-state index contributed by atoms with van der Waals surface area (Å²) < 4.78 is 6.22. The molecule has 0 heterocycles. The quantitative estimate of drug-likeness (QED) is 0.647. The van der Waals surface area contributed by atoms with Crippen LogP contribution in [0.1, 0.15) is 24.5 Å². The fraction of sp³-hybridized carbons (Fsp3) is 0.400. The van der Waals surface area contributed by atoms with Gasteiger partial charge >= 0.3 is 0 Å². The van der Waals surface area contributed by atoms with Crippen molar-refractivity contribution in [3.05, 3.63) is 64.7 Å². The third-order valence-electron chi connectivity index (χ3n) is 3.82. The number of rotatable bonds is 8. The van der Waals surface area contributed by atoms with E-state index in [0.29, 0.717) is 5.02 Å². The van der Waals surface area contributed by atoms with E-state index >= 15 is 0 Å². The Morgan fingerprint density at radius 3 is 2.29 bits per heavy atom. The zero-order valence-electron chi connectivity index (χ0n) is 15.0. The Labute approximate surface area is 150 Å². The van der Waals surface area contributed by atoms with Crippen molar-refractivity contribution in [1.29, 1.82) is 0 Å². The predicted molar refractivity (Wildman–Crippen MR) is 101 cm³/mol. The van der Waals surface area contributed by atoms with E-state index in [1.165, 1.54) is 5.56 Å². The Balaban J connectivity index is 2.07. The van der Waals surface area contributed by atoms with Gasteiger partial charge in [0.05, 0.1) is 0 Å². The van der Waals surface area contributed by atoms with E-state index in [1.54, 1.807) is 0 Å². The number of ether oxygens (including phenoxy) is 1. The molecular formula is C20H27ClN2O. The molecule has 0 bridgehead atoms. The second kappa shape index (κ2) is 9.07. The number of hydrogen-bond acceptors (Lipinski definition) is 3. The molecule has 2 rings (SSSR count). The molecule has 24 heavy (non-hydrogen) atoms. The second-order valence-electron chi connectivity index (χ2n) is 6.41. The van der Waals surface area contributed by atoms with E-state index in [1.807, 2.05) is 32.3 Å². The molecule has 0 aliphatic heterocycles. The lowest BCUT2D eigenvalue weighted by molar-refractivity contribution is 0.0362. The molecule has 0 aliphatic carbocycles. The first-order valence-electron chi connectivity index (χ1n) is 8.33. The summed E-state index contributed by atoms with van der Waals surface area (Å²) in [5.41, 5.74) is 2.43. The van der Waals surface area contributed by atoms with E-state index in [2.05, 4.69) is 54.1 Å². The van der Waals surface area contributed by atoms with Crippen molar-refractivity contribution in [3.63, 3.8) is 0 Å². The maximum Gasteiger partial charge on any atom is 0.152 e. The lowest BCUT2D eigenvalue weighted by Gasteiger charge is -2.28. The van der Waals surface area contributed by atoms with Gasteiger partial charge in [-0.15, -0.1) is 0 Å². The largest absolute Gasteiger partial charge is 0.475 e. The van der Waals surface area contributed by atoms with Crippen LogP contribution in [0.3, 0.4) is 0 Å². The van der Waals surface area contributed by atoms with Crippen molar-refractivity contribution in [2.24, 2.45) is 0 Å². The summed E-state index contributed by atoms with van der Waals surface area (Å²) in [6.07, 6.45) is 0.912. The maximum absolute atomic E-state index is 6.26. The molecule has 0 amide bonds. The summed E-state index contributed by atoms with van der Waals surface area (Å²) in [5, 5.41) is 0.713. The average Bonchev–Trinajstić information content (AvgIpc) is 2.52. The number of hydrogen-bond donors (Lipinski definition) is 0. The third kappa shape index (κ3) is 5.82. The van der Waals surface area contributed by atoms with E-state index < -0.39 is 0 Å². The van der Waals surface area contributed by atoms with Crippen LogP contribution in [0.5, 0.6) is 5.75 Å². The van der Waals surface area contributed by atoms with Gasteiger partial charge in [0, 0.05) is 18.1 Å². The first kappa shape index (κ1) is 18.8. The van der Waals surface area contributed by atoms with Crippen molar-refractivity contribution < 1.29 is 4.74 Å². The van der Waals surface area contributed by atoms with Gasteiger partial charge in [-0.05, 0) is 56.9 Å². The van der Waals surface area contributed by atoms with Crippen LogP contribution < -0.4 is 4.74 Å². The fourth-order valence-corrected chi connectivity index (χ4v) is 3.01. The minimum absolute atomic E-state index is 0.0101. The first-order chi connectivity index (χ1) is 11.5. The monoisotopic (exact) mass is 346 g/mol. The van der Waals surface area contributed by atoms with Gasteiger partial charge in [0.25, 0.3) is 0 Å². The van der Waals surface area contributed by atoms with Crippen LogP contribution in [0, 0.1) is 0 Å². The molecule has 0 saturated carbocycles. The van der Waals surface area contributed by atoms with Gasteiger partial charge in [0.2, 0.25) is 0 Å². The maximum atomic E-state index is 6.26. The molecule has 0 spiro atoms. The van der Waals surface area contributed by atoms with Crippen LogP contribution in [0.2, 0.25) is 5.02 Å². The first-order valence-corrected chi connectivity index (χ1v) is 8.70. The van der Waals surface area contributed by atoms with Gasteiger partial charge in [0.1, 0.15) is 5.75 Å². The summed E-state index contributed by atoms with van der Waals surface area (Å²) in [7, 11) is 6.18. The molecule has 0 aromatic heterocycles. The van der Waals surface area contributed by atoms with Crippen LogP contribution in [0.25, 0.3) is 0 Å². The minimum Gasteiger partial charge on any atom is -0.475 e. The van der Waals surface area contributed by atoms with Crippen LogP contribution in [0.15, 0.2) is 48.5 Å². The zero-order chi connectivity index (χ0) is 17.5. The van der Waals surface area contributed by atoms with Gasteiger partial charge in [-0.3, -0.25) is 4.90 Å². The molecule has 0 radical (unpaired) electrons. The summed E-state index contributed by atoms with van der Waals surface area (Å²) >= 11 is 6.26. The Bertz CT molecular complexity index is 631. The highest BCUT2D eigenvalue weighted by Crippen LogP contribution is 2.24. The lowest BCUT2D eigenvalue weighted by Crippen LogP contribution is -2.35. The molecule has 1 atom stereocenters. The van der Waals surface area contributed by atoms with E-state index in [4.69, 9.17) is 16.3 Å². The summed E-state index contributed by atoms with van der Waals surface area (Å²) in [5.74, 6) is 0.825. The highest BCUT2D eigenvalue weighted by atomic mass is 35.5. The Hall–Kier alpha value is -1.55. The topological polar surface area (TPSA) is 15.7 Å². The summed E-state index contributed by atoms with van der Waals surface area (Å²) in [4.78, 5) is 4.34. The smallest absolute Gasteiger partial charge is 0.152 e. The van der Waals surface area contributed by atoms with Gasteiger partial charge in [-0.2, -0.15) is 0 Å². The molecule has 1 unspecified atom stereocenters. The Kier molecular flexibility index (Phi) is 7.10. The number of halogens is 1. The van der Waals surface area contributed by atoms with Gasteiger partial charge in [-0.1, -0.05) is 48.9 Å². The van der Waals surface area contributed by atoms with Crippen molar-refractivity contribution in [3.8, 4) is 5.75 Å². The normalized spacial score (nSPS) is 12.6. The molecule has 0 fully saturated rings. The third-order valence-corrected chi connectivity index (χ3v) is 4.04. The van der Waals surface area contributed by atoms with Crippen LogP contribution >= 0.6 is 11.6 Å². The van der Waals surface area contributed by atoms with Gasteiger partial charge in [-0.25, -0.2) is 0 Å². The fourth-order valence-electron chi connectivity index (χ4n) is 2.76. The molecular weight excluding hydrogens is 320 g/mol. The highest BCUT2D eigenvalue weighted by molar-refractivity contribution is 6.30. The highest BCUT2D eigenvalue weighted by Gasteiger charge is 2.15. The molecule has 4 heteroatoms. The molecule has 0 N–H and O–H groups in total. The van der Waals surface area contributed by atoms with Crippen LogP contribution in [-0.4, -0.2) is 37.2 Å². The zero-order valence-corrected chi connectivity index (χ0v) is 15.8. The number of nitrogens with zero attached hydrogens (tertiary/aromatic N) is 2. The average molecular weight is 347 g/mol. The van der Waals surface area contributed by atoms with Gasteiger partial charge in [0.15, 0.2) is 6.23 Å². The molecule has 0 saturated heterocycles. The molecule has 2 aromatic carbocycles. The number of benzene rings is 2. The summed E-state index contributed by atoms with van der Waals surface area (Å²) in [6.45, 7) is 3.83. The van der Waals surface area contributed by atoms with Crippen LogP contribution in [-0.2, 0) is 13.1 Å². The lowest BCUT2D eigenvalue weighted by atomic mass is 10.2. The minimum atomic E-state index is 0.0101. The van der Waals surface area contributed by atoms with Crippen molar-refractivity contribution >= 4 is 11.6 Å². The molecule has 3 nitrogen and oxygen atoms in total. The Morgan fingerprint density at radius 2 is 1.67 bits per heavy atom. The standard InChI is InChI=1S/C20H27ClN2O/c1-5-20(23(4)15-16-9-7-6-8-10-16)24-19-12-17(14-22(2)3)11-18(21)13-19/h6-13,20H,5,14-15H2,1-4H3. The second-order valence-corrected chi connectivity index (χ2v) is 6.85. The Morgan fingerprint density at radius 1 is 0.958 bits per heavy atom. The van der Waals surface area contributed by atoms with Crippen LogP contribution in [0.4, 0.5) is 0 Å². The SMILES string of the molecule is CCC(Oc1cc(Cl)cc(CN(C)C)c1)N(C)Cc1ccccc1. The molecule has 2 aromatic rings. The van der Waals surface area contributed by atoms with E-state index in [0.717, 1.165) is 30.8 Å².